The Morgan fingerprint density at radius 2 is 1.20 bits per heavy atom. The van der Waals surface area contributed by atoms with Crippen LogP contribution >= 0.6 is 0 Å². The molecule has 15 heavy (non-hydrogen) atoms. The Bertz CT molecular complexity index is 449. The fourth-order valence-corrected chi connectivity index (χ4v) is 1.22. The Hall–Kier alpha value is -1.90. The van der Waals surface area contributed by atoms with Gasteiger partial charge < -0.3 is 0 Å². The first kappa shape index (κ1) is 9.65. The van der Waals surface area contributed by atoms with Gasteiger partial charge in [-0.1, -0.05) is 35.8 Å². The van der Waals surface area contributed by atoms with E-state index in [9.17, 15) is 0 Å². The molecule has 0 atom stereocenters. The van der Waals surface area contributed by atoms with Gasteiger partial charge in [-0.2, -0.15) is 10.2 Å². The largest absolute Gasteiger partial charge is 0.151 e. The quantitative estimate of drug-likeness (QED) is 0.517. The van der Waals surface area contributed by atoms with Crippen molar-refractivity contribution in [3.63, 3.8) is 0 Å². The Kier molecular flexibility index (Phi) is 2.93. The monoisotopic (exact) mass is 194 g/mol. The van der Waals surface area contributed by atoms with Gasteiger partial charge in [0.15, 0.2) is 0 Å². The van der Waals surface area contributed by atoms with Crippen LogP contribution in [-0.4, -0.2) is 7.85 Å². The van der Waals surface area contributed by atoms with Crippen molar-refractivity contribution in [2.45, 2.75) is 0 Å². The minimum atomic E-state index is 0.873. The van der Waals surface area contributed by atoms with Crippen molar-refractivity contribution in [1.29, 1.82) is 0 Å². The predicted molar refractivity (Wildman–Crippen MR) is 65.2 cm³/mol. The SMILES string of the molecule is Bc1ccc(/N=N/c2ccccc2)cc1. The maximum Gasteiger partial charge on any atom is 0.139 e. The summed E-state index contributed by atoms with van der Waals surface area (Å²) in [5, 5.41) is 8.27. The lowest BCUT2D eigenvalue weighted by molar-refractivity contribution is 1.23. The average Bonchev–Trinajstić information content (AvgIpc) is 2.30. The highest BCUT2D eigenvalue weighted by Gasteiger charge is 1.89. The Balaban J connectivity index is 2.15. The third-order valence-electron chi connectivity index (χ3n) is 2.07. The van der Waals surface area contributed by atoms with Crippen LogP contribution in [0.15, 0.2) is 64.8 Å². The van der Waals surface area contributed by atoms with E-state index in [2.05, 4.69) is 18.1 Å². The Morgan fingerprint density at radius 1 is 0.667 bits per heavy atom. The van der Waals surface area contributed by atoms with Crippen molar-refractivity contribution < 1.29 is 0 Å². The smallest absolute Gasteiger partial charge is 0.139 e. The summed E-state index contributed by atoms with van der Waals surface area (Å²) in [6, 6.07) is 17.7. The molecule has 2 rings (SSSR count). The third kappa shape index (κ3) is 2.77. The summed E-state index contributed by atoms with van der Waals surface area (Å²) in [7, 11) is 2.05. The van der Waals surface area contributed by atoms with Gasteiger partial charge in [0.2, 0.25) is 0 Å². The number of benzene rings is 2. The van der Waals surface area contributed by atoms with Gasteiger partial charge in [0, 0.05) is 0 Å². The van der Waals surface area contributed by atoms with Gasteiger partial charge in [-0.25, -0.2) is 0 Å². The zero-order valence-electron chi connectivity index (χ0n) is 8.59. The predicted octanol–water partition coefficient (Wildman–Crippen LogP) is 2.36. The molecule has 0 saturated carbocycles. The Labute approximate surface area is 90.1 Å². The maximum atomic E-state index is 4.14. The van der Waals surface area contributed by atoms with Crippen molar-refractivity contribution >= 4 is 24.7 Å². The van der Waals surface area contributed by atoms with E-state index in [4.69, 9.17) is 0 Å². The lowest BCUT2D eigenvalue weighted by Crippen LogP contribution is -1.97. The standard InChI is InChI=1S/C12H11BN2/c13-10-6-8-12(9-7-10)15-14-11-4-2-1-3-5-11/h1-9H,13H2/b15-14+. The van der Waals surface area contributed by atoms with Gasteiger partial charge in [-0.15, -0.1) is 0 Å². The van der Waals surface area contributed by atoms with Crippen LogP contribution in [0.3, 0.4) is 0 Å². The summed E-state index contributed by atoms with van der Waals surface area (Å²) >= 11 is 0. The van der Waals surface area contributed by atoms with Crippen LogP contribution in [0, 0.1) is 0 Å². The van der Waals surface area contributed by atoms with E-state index in [1.54, 1.807) is 0 Å². The number of rotatable bonds is 2. The highest BCUT2D eigenvalue weighted by atomic mass is 15.1. The summed E-state index contributed by atoms with van der Waals surface area (Å²) in [4.78, 5) is 0. The molecule has 0 unspecified atom stereocenters. The molecular formula is C12H11BN2. The number of azo groups is 1. The summed E-state index contributed by atoms with van der Waals surface area (Å²) in [5.74, 6) is 0. The van der Waals surface area contributed by atoms with Gasteiger partial charge in [0.1, 0.15) is 7.85 Å². The second-order valence-electron chi connectivity index (χ2n) is 3.37. The van der Waals surface area contributed by atoms with E-state index >= 15 is 0 Å². The second kappa shape index (κ2) is 4.55. The van der Waals surface area contributed by atoms with Gasteiger partial charge in [-0.3, -0.25) is 0 Å². The first-order chi connectivity index (χ1) is 7.34. The molecule has 0 heterocycles. The average molecular weight is 194 g/mol. The maximum absolute atomic E-state index is 4.14. The van der Waals surface area contributed by atoms with Crippen LogP contribution in [0.5, 0.6) is 0 Å². The molecule has 0 N–H and O–H groups in total. The minimum absolute atomic E-state index is 0.873. The van der Waals surface area contributed by atoms with Crippen LogP contribution in [-0.2, 0) is 0 Å². The normalized spacial score (nSPS) is 10.7. The molecule has 0 bridgehead atoms. The molecule has 0 radical (unpaired) electrons. The molecule has 2 aromatic carbocycles. The molecule has 0 spiro atoms. The lowest BCUT2D eigenvalue weighted by atomic mass is 9.96. The van der Waals surface area contributed by atoms with Gasteiger partial charge in [0.25, 0.3) is 0 Å². The number of hydrogen-bond donors (Lipinski definition) is 0. The van der Waals surface area contributed by atoms with Crippen LogP contribution in [0.25, 0.3) is 0 Å². The van der Waals surface area contributed by atoms with E-state index in [0.29, 0.717) is 0 Å². The molecule has 0 aliphatic heterocycles. The molecule has 72 valence electrons. The molecule has 0 aliphatic carbocycles. The third-order valence-corrected chi connectivity index (χ3v) is 2.07. The zero-order valence-corrected chi connectivity index (χ0v) is 8.59. The first-order valence-corrected chi connectivity index (χ1v) is 4.88. The summed E-state index contributed by atoms with van der Waals surface area (Å²) in [6.07, 6.45) is 0. The zero-order chi connectivity index (χ0) is 10.5. The fourth-order valence-electron chi connectivity index (χ4n) is 1.22. The lowest BCUT2D eigenvalue weighted by Gasteiger charge is -1.93. The molecule has 0 aliphatic rings. The molecule has 0 amide bonds. The minimum Gasteiger partial charge on any atom is -0.151 e. The van der Waals surface area contributed by atoms with Crippen molar-refractivity contribution in [3.05, 3.63) is 54.6 Å². The van der Waals surface area contributed by atoms with Crippen molar-refractivity contribution in [2.24, 2.45) is 10.2 Å². The van der Waals surface area contributed by atoms with Crippen LogP contribution in [0.1, 0.15) is 0 Å². The van der Waals surface area contributed by atoms with E-state index in [-0.39, 0.29) is 0 Å². The summed E-state index contributed by atoms with van der Waals surface area (Å²) in [6.45, 7) is 0. The van der Waals surface area contributed by atoms with Gasteiger partial charge in [-0.05, 0) is 24.3 Å². The number of hydrogen-bond acceptors (Lipinski definition) is 2. The highest BCUT2D eigenvalue weighted by molar-refractivity contribution is 6.32. The van der Waals surface area contributed by atoms with Crippen molar-refractivity contribution in [2.75, 3.05) is 0 Å². The first-order valence-electron chi connectivity index (χ1n) is 4.88. The summed E-state index contributed by atoms with van der Waals surface area (Å²) < 4.78 is 0. The summed E-state index contributed by atoms with van der Waals surface area (Å²) in [5.41, 5.74) is 2.98. The molecule has 0 fully saturated rings. The highest BCUT2D eigenvalue weighted by Crippen LogP contribution is 2.16. The number of nitrogens with zero attached hydrogens (tertiary/aromatic N) is 2. The van der Waals surface area contributed by atoms with E-state index in [1.807, 2.05) is 54.6 Å². The van der Waals surface area contributed by atoms with Gasteiger partial charge >= 0.3 is 0 Å². The van der Waals surface area contributed by atoms with Crippen molar-refractivity contribution in [3.8, 4) is 0 Å². The molecule has 3 heteroatoms. The van der Waals surface area contributed by atoms with Crippen LogP contribution in [0.4, 0.5) is 11.4 Å². The van der Waals surface area contributed by atoms with Crippen LogP contribution < -0.4 is 5.46 Å². The molecule has 2 nitrogen and oxygen atoms in total. The molecule has 0 saturated heterocycles. The van der Waals surface area contributed by atoms with Crippen molar-refractivity contribution in [1.82, 2.24) is 0 Å². The molecular weight excluding hydrogens is 183 g/mol. The molecule has 0 aromatic heterocycles. The second-order valence-corrected chi connectivity index (χ2v) is 3.37. The van der Waals surface area contributed by atoms with E-state index in [0.717, 1.165) is 11.4 Å². The van der Waals surface area contributed by atoms with E-state index in [1.165, 1.54) is 5.46 Å². The fraction of sp³-hybridized carbons (Fsp3) is 0. The topological polar surface area (TPSA) is 24.7 Å². The van der Waals surface area contributed by atoms with Crippen LogP contribution in [0.2, 0.25) is 0 Å². The van der Waals surface area contributed by atoms with Gasteiger partial charge in [0.05, 0.1) is 11.4 Å². The molecule has 2 aromatic rings. The van der Waals surface area contributed by atoms with E-state index < -0.39 is 0 Å². The Morgan fingerprint density at radius 3 is 1.80 bits per heavy atom.